The molecule has 0 aromatic carbocycles. The van der Waals surface area contributed by atoms with E-state index in [1.807, 2.05) is 6.92 Å². The van der Waals surface area contributed by atoms with Gasteiger partial charge in [0, 0.05) is 24.7 Å². The number of fused-ring (bicyclic) bond motifs is 1. The summed E-state index contributed by atoms with van der Waals surface area (Å²) in [6, 6.07) is 1.63. The summed E-state index contributed by atoms with van der Waals surface area (Å²) in [5, 5.41) is 10.2. The third kappa shape index (κ3) is 3.12. The van der Waals surface area contributed by atoms with Crippen LogP contribution in [0.1, 0.15) is 56.8 Å². The lowest BCUT2D eigenvalue weighted by Crippen LogP contribution is -2.31. The van der Waals surface area contributed by atoms with Crippen LogP contribution in [-0.4, -0.2) is 17.9 Å². The molecule has 1 saturated carbocycles. The van der Waals surface area contributed by atoms with Crippen molar-refractivity contribution >= 4 is 6.21 Å². The monoisotopic (exact) mass is 315 g/mol. The molecule has 1 fully saturated rings. The van der Waals surface area contributed by atoms with E-state index in [1.54, 1.807) is 6.07 Å². The number of hydrogen-bond donors (Lipinski definition) is 1. The number of aromatic hydroxyl groups is 1. The van der Waals surface area contributed by atoms with Crippen LogP contribution in [0.4, 0.5) is 0 Å². The molecule has 4 heteroatoms. The van der Waals surface area contributed by atoms with Crippen LogP contribution < -0.4 is 5.63 Å². The van der Waals surface area contributed by atoms with Crippen molar-refractivity contribution in [2.75, 3.05) is 6.54 Å². The quantitative estimate of drug-likeness (QED) is 0.680. The van der Waals surface area contributed by atoms with Gasteiger partial charge in [0.15, 0.2) is 0 Å². The number of hydrogen-bond acceptors (Lipinski definition) is 4. The number of nitrogens with zero attached hydrogens (tertiary/aromatic N) is 1. The molecule has 23 heavy (non-hydrogen) atoms. The average Bonchev–Trinajstić information content (AvgIpc) is 2.54. The van der Waals surface area contributed by atoms with Gasteiger partial charge in [-0.25, -0.2) is 4.79 Å². The maximum absolute atomic E-state index is 12.2. The van der Waals surface area contributed by atoms with Crippen LogP contribution in [0.2, 0.25) is 0 Å². The maximum Gasteiger partial charge on any atom is 0.348 e. The van der Waals surface area contributed by atoms with Crippen molar-refractivity contribution in [3.05, 3.63) is 40.0 Å². The van der Waals surface area contributed by atoms with E-state index < -0.39 is 5.63 Å². The van der Waals surface area contributed by atoms with Gasteiger partial charge in [0.2, 0.25) is 0 Å². The van der Waals surface area contributed by atoms with Crippen molar-refractivity contribution in [3.63, 3.8) is 0 Å². The van der Waals surface area contributed by atoms with E-state index in [2.05, 4.69) is 24.1 Å². The Balaban J connectivity index is 1.98. The van der Waals surface area contributed by atoms with Gasteiger partial charge in [-0.1, -0.05) is 31.9 Å². The minimum absolute atomic E-state index is 0.0254. The zero-order valence-corrected chi connectivity index (χ0v) is 13.9. The van der Waals surface area contributed by atoms with E-state index >= 15 is 0 Å². The first kappa shape index (κ1) is 16.0. The highest BCUT2D eigenvalue weighted by Crippen LogP contribution is 2.47. The first-order chi connectivity index (χ1) is 11.1. The molecule has 1 heterocycles. The molecule has 1 aromatic heterocycles. The first-order valence-corrected chi connectivity index (χ1v) is 8.67. The zero-order valence-electron chi connectivity index (χ0n) is 13.9. The van der Waals surface area contributed by atoms with Crippen LogP contribution in [0.5, 0.6) is 5.75 Å². The van der Waals surface area contributed by atoms with Crippen LogP contribution in [0, 0.1) is 17.8 Å². The summed E-state index contributed by atoms with van der Waals surface area (Å²) >= 11 is 0. The highest BCUT2D eigenvalue weighted by atomic mass is 16.4. The van der Waals surface area contributed by atoms with Crippen molar-refractivity contribution in [1.29, 1.82) is 0 Å². The topological polar surface area (TPSA) is 62.8 Å². The summed E-state index contributed by atoms with van der Waals surface area (Å²) in [7, 11) is 0. The van der Waals surface area contributed by atoms with Gasteiger partial charge >= 0.3 is 5.63 Å². The molecular weight excluding hydrogens is 290 g/mol. The average molecular weight is 315 g/mol. The summed E-state index contributed by atoms with van der Waals surface area (Å²) in [6.45, 7) is 4.60. The fourth-order valence-electron chi connectivity index (χ4n) is 4.14. The molecule has 0 amide bonds. The van der Waals surface area contributed by atoms with Crippen molar-refractivity contribution in [3.8, 4) is 5.75 Å². The predicted octanol–water partition coefficient (Wildman–Crippen LogP) is 3.88. The lowest BCUT2D eigenvalue weighted by molar-refractivity contribution is 0.179. The molecule has 0 radical (unpaired) electrons. The van der Waals surface area contributed by atoms with Crippen LogP contribution in [0.25, 0.3) is 0 Å². The molecule has 0 spiro atoms. The van der Waals surface area contributed by atoms with Gasteiger partial charge < -0.3 is 9.52 Å². The third-order valence-electron chi connectivity index (χ3n) is 5.28. The number of rotatable bonds is 3. The lowest BCUT2D eigenvalue weighted by atomic mass is 9.64. The molecule has 2 aliphatic rings. The van der Waals surface area contributed by atoms with Gasteiger partial charge in [-0.3, -0.25) is 4.99 Å². The Morgan fingerprint density at radius 2 is 2.13 bits per heavy atom. The Hall–Kier alpha value is -1.84. The van der Waals surface area contributed by atoms with Gasteiger partial charge in [0.05, 0.1) is 0 Å². The Labute approximate surface area is 136 Å². The van der Waals surface area contributed by atoms with Gasteiger partial charge in [-0.15, -0.1) is 0 Å². The van der Waals surface area contributed by atoms with E-state index in [4.69, 9.17) is 4.42 Å². The first-order valence-electron chi connectivity index (χ1n) is 8.67. The van der Waals surface area contributed by atoms with Gasteiger partial charge in [-0.2, -0.15) is 0 Å². The molecule has 4 atom stereocenters. The lowest BCUT2D eigenvalue weighted by Gasteiger charge is -2.40. The second-order valence-electron chi connectivity index (χ2n) is 6.75. The van der Waals surface area contributed by atoms with Crippen molar-refractivity contribution < 1.29 is 9.52 Å². The van der Waals surface area contributed by atoms with Crippen LogP contribution in [0.15, 0.2) is 32.4 Å². The van der Waals surface area contributed by atoms with Gasteiger partial charge in [-0.05, 0) is 37.5 Å². The van der Waals surface area contributed by atoms with Crippen LogP contribution in [-0.2, 0) is 0 Å². The Kier molecular flexibility index (Phi) is 4.69. The molecule has 3 rings (SSSR count). The predicted molar refractivity (Wildman–Crippen MR) is 91.3 cm³/mol. The summed E-state index contributed by atoms with van der Waals surface area (Å²) < 4.78 is 5.60. The molecule has 0 aliphatic heterocycles. The van der Waals surface area contributed by atoms with E-state index in [0.717, 1.165) is 6.42 Å². The molecule has 0 bridgehead atoms. The molecule has 1 aromatic rings. The normalized spacial score (nSPS) is 30.5. The van der Waals surface area contributed by atoms with E-state index in [1.165, 1.54) is 25.5 Å². The summed E-state index contributed by atoms with van der Waals surface area (Å²) in [6.07, 6.45) is 10.9. The largest absolute Gasteiger partial charge is 0.507 e. The minimum atomic E-state index is -0.494. The Morgan fingerprint density at radius 1 is 1.35 bits per heavy atom. The second-order valence-corrected chi connectivity index (χ2v) is 6.75. The van der Waals surface area contributed by atoms with Crippen LogP contribution >= 0.6 is 0 Å². The summed E-state index contributed by atoms with van der Waals surface area (Å²) in [5.74, 6) is 2.14. The molecule has 4 nitrogen and oxygen atoms in total. The van der Waals surface area contributed by atoms with Crippen molar-refractivity contribution in [2.24, 2.45) is 22.7 Å². The molecular formula is C19H25NO3. The third-order valence-corrected chi connectivity index (χ3v) is 5.28. The highest BCUT2D eigenvalue weighted by molar-refractivity contribution is 5.82. The van der Waals surface area contributed by atoms with Gasteiger partial charge in [0.1, 0.15) is 17.1 Å². The van der Waals surface area contributed by atoms with Crippen LogP contribution in [0.3, 0.4) is 0 Å². The molecule has 0 saturated heterocycles. The fraction of sp³-hybridized carbons (Fsp3) is 0.579. The smallest absolute Gasteiger partial charge is 0.348 e. The molecule has 0 unspecified atom stereocenters. The summed E-state index contributed by atoms with van der Waals surface area (Å²) in [4.78, 5) is 16.3. The Morgan fingerprint density at radius 3 is 2.87 bits per heavy atom. The second kappa shape index (κ2) is 6.73. The molecule has 1 N–H and O–H groups in total. The minimum Gasteiger partial charge on any atom is -0.507 e. The number of allylic oxidation sites excluding steroid dienone is 2. The summed E-state index contributed by atoms with van der Waals surface area (Å²) in [5.41, 5.74) is -0.346. The molecule has 124 valence electrons. The fourth-order valence-corrected chi connectivity index (χ4v) is 4.14. The zero-order chi connectivity index (χ0) is 16.4. The van der Waals surface area contributed by atoms with E-state index in [9.17, 15) is 9.90 Å². The number of aliphatic imine (C=N–C) groups is 1. The Bertz CT molecular complexity index is 674. The SMILES string of the molecule is CCN=Cc1c(O)cc([C@H]2[C@@H]3CCCC[C@@H]3C=C[C@@H]2C)oc1=O. The van der Waals surface area contributed by atoms with Crippen molar-refractivity contribution in [2.45, 2.75) is 45.4 Å². The maximum atomic E-state index is 12.2. The van der Waals surface area contributed by atoms with E-state index in [-0.39, 0.29) is 17.2 Å². The standard InChI is InChI=1S/C19H25NO3/c1-3-20-11-15-16(21)10-17(23-19(15)22)18-12(2)8-9-13-6-4-5-7-14(13)18/h8-14,18,21H,3-7H2,1-2H3/t12-,13+,14+,18+/m0/s1. The van der Waals surface area contributed by atoms with Gasteiger partial charge in [0.25, 0.3) is 0 Å². The molecule has 2 aliphatic carbocycles. The van der Waals surface area contributed by atoms with Crippen molar-refractivity contribution in [1.82, 2.24) is 0 Å². The van der Waals surface area contributed by atoms with E-state index in [0.29, 0.717) is 30.1 Å². The highest BCUT2D eigenvalue weighted by Gasteiger charge is 2.38.